The molecule has 0 unspecified atom stereocenters. The topological polar surface area (TPSA) is 52.7 Å². The molecule has 2 aromatic heterocycles. The summed E-state index contributed by atoms with van der Waals surface area (Å²) in [5, 5.41) is 8.26. The number of pyridine rings is 1. The van der Waals surface area contributed by atoms with Gasteiger partial charge in [-0.2, -0.15) is 0 Å². The number of aryl methyl sites for hydroxylation is 1. The number of fused-ring (bicyclic) bond motifs is 1. The first-order valence-electron chi connectivity index (χ1n) is 9.40. The van der Waals surface area contributed by atoms with Gasteiger partial charge in [0.1, 0.15) is 0 Å². The van der Waals surface area contributed by atoms with Crippen LogP contribution in [0.25, 0.3) is 10.9 Å². The van der Waals surface area contributed by atoms with Gasteiger partial charge in [0.2, 0.25) is 0 Å². The molecular formula is C23H24N4. The molecule has 4 rings (SSSR count). The normalized spacial score (nSPS) is 11.0. The van der Waals surface area contributed by atoms with Crippen molar-refractivity contribution in [3.63, 3.8) is 0 Å². The fourth-order valence-corrected chi connectivity index (χ4v) is 3.28. The molecule has 0 saturated heterocycles. The minimum atomic E-state index is 0.892. The van der Waals surface area contributed by atoms with Crippen molar-refractivity contribution in [3.05, 3.63) is 90.4 Å². The van der Waals surface area contributed by atoms with Crippen LogP contribution in [0.2, 0.25) is 0 Å². The Kier molecular flexibility index (Phi) is 5.46. The van der Waals surface area contributed by atoms with Crippen LogP contribution in [0.15, 0.2) is 79.3 Å². The molecule has 27 heavy (non-hydrogen) atoms. The van der Waals surface area contributed by atoms with Crippen molar-refractivity contribution in [1.82, 2.24) is 15.3 Å². The van der Waals surface area contributed by atoms with E-state index >= 15 is 0 Å². The van der Waals surface area contributed by atoms with E-state index in [1.807, 2.05) is 12.1 Å². The highest BCUT2D eigenvalue weighted by molar-refractivity contribution is 5.83. The van der Waals surface area contributed by atoms with E-state index in [2.05, 4.69) is 75.3 Å². The van der Waals surface area contributed by atoms with Crippen molar-refractivity contribution in [2.75, 3.05) is 11.9 Å². The summed E-state index contributed by atoms with van der Waals surface area (Å²) in [7, 11) is 0. The zero-order valence-corrected chi connectivity index (χ0v) is 15.3. The van der Waals surface area contributed by atoms with Gasteiger partial charge in [-0.25, -0.2) is 0 Å². The molecule has 4 heteroatoms. The van der Waals surface area contributed by atoms with Gasteiger partial charge in [-0.05, 0) is 60.8 Å². The number of hydrogen-bond donors (Lipinski definition) is 3. The Morgan fingerprint density at radius 1 is 0.852 bits per heavy atom. The van der Waals surface area contributed by atoms with Crippen LogP contribution < -0.4 is 10.6 Å². The number of anilines is 2. The standard InChI is InChI=1S/C23H24N4/c1-2-6-23-22(5-1)19(17-26-23)4-3-13-25-16-18-7-9-20(10-8-18)27-21-11-14-24-15-12-21/h1-2,5-12,14-15,17,25-26H,3-4,13,16H2,(H,24,27). The van der Waals surface area contributed by atoms with E-state index in [0.717, 1.165) is 37.3 Å². The number of para-hydroxylation sites is 1. The van der Waals surface area contributed by atoms with E-state index in [4.69, 9.17) is 0 Å². The Bertz CT molecular complexity index is 974. The van der Waals surface area contributed by atoms with Crippen molar-refractivity contribution in [1.29, 1.82) is 0 Å². The summed E-state index contributed by atoms with van der Waals surface area (Å²) in [5.74, 6) is 0. The Hall–Kier alpha value is -3.11. The molecule has 0 aliphatic heterocycles. The SMILES string of the molecule is c1ccc2c(CCCNCc3ccc(Nc4ccncc4)cc3)c[nH]c2c1. The predicted molar refractivity (Wildman–Crippen MR) is 112 cm³/mol. The smallest absolute Gasteiger partial charge is 0.0456 e. The third-order valence-electron chi connectivity index (χ3n) is 4.73. The molecular weight excluding hydrogens is 332 g/mol. The number of benzene rings is 2. The number of nitrogens with one attached hydrogen (secondary N) is 3. The summed E-state index contributed by atoms with van der Waals surface area (Å²) >= 11 is 0. The average Bonchev–Trinajstić information content (AvgIpc) is 3.13. The predicted octanol–water partition coefficient (Wildman–Crippen LogP) is 5.03. The van der Waals surface area contributed by atoms with Gasteiger partial charge in [0, 0.05) is 47.4 Å². The minimum absolute atomic E-state index is 0.892. The summed E-state index contributed by atoms with van der Waals surface area (Å²) in [6.07, 6.45) is 7.93. The first-order valence-corrected chi connectivity index (χ1v) is 9.40. The first kappa shape index (κ1) is 17.3. The molecule has 2 heterocycles. The third kappa shape index (κ3) is 4.54. The van der Waals surface area contributed by atoms with Gasteiger partial charge in [0.25, 0.3) is 0 Å². The van der Waals surface area contributed by atoms with Crippen LogP contribution in [0, 0.1) is 0 Å². The van der Waals surface area contributed by atoms with Crippen molar-refractivity contribution < 1.29 is 0 Å². The van der Waals surface area contributed by atoms with Gasteiger partial charge in [0.05, 0.1) is 0 Å². The highest BCUT2D eigenvalue weighted by atomic mass is 14.9. The number of aromatic amines is 1. The molecule has 4 nitrogen and oxygen atoms in total. The lowest BCUT2D eigenvalue weighted by atomic mass is 10.1. The fourth-order valence-electron chi connectivity index (χ4n) is 3.28. The second kappa shape index (κ2) is 8.52. The Morgan fingerprint density at radius 3 is 2.48 bits per heavy atom. The number of rotatable bonds is 8. The molecule has 0 aliphatic rings. The highest BCUT2D eigenvalue weighted by Gasteiger charge is 2.02. The van der Waals surface area contributed by atoms with Crippen LogP contribution in [0.4, 0.5) is 11.4 Å². The van der Waals surface area contributed by atoms with Gasteiger partial charge in [-0.15, -0.1) is 0 Å². The maximum Gasteiger partial charge on any atom is 0.0456 e. The summed E-state index contributed by atoms with van der Waals surface area (Å²) in [4.78, 5) is 7.38. The maximum absolute atomic E-state index is 4.03. The van der Waals surface area contributed by atoms with E-state index in [9.17, 15) is 0 Å². The van der Waals surface area contributed by atoms with Gasteiger partial charge in [-0.1, -0.05) is 30.3 Å². The molecule has 0 atom stereocenters. The van der Waals surface area contributed by atoms with Gasteiger partial charge in [-0.3, -0.25) is 4.98 Å². The second-order valence-corrected chi connectivity index (χ2v) is 6.70. The third-order valence-corrected chi connectivity index (χ3v) is 4.73. The Labute approximate surface area is 159 Å². The number of hydrogen-bond acceptors (Lipinski definition) is 3. The molecule has 0 bridgehead atoms. The maximum atomic E-state index is 4.03. The monoisotopic (exact) mass is 356 g/mol. The van der Waals surface area contributed by atoms with Gasteiger partial charge < -0.3 is 15.6 Å². The van der Waals surface area contributed by atoms with Gasteiger partial charge in [0.15, 0.2) is 0 Å². The summed E-state index contributed by atoms with van der Waals surface area (Å²) in [6, 6.07) is 21.0. The molecule has 0 amide bonds. The first-order chi connectivity index (χ1) is 13.4. The van der Waals surface area contributed by atoms with Crippen LogP contribution in [-0.4, -0.2) is 16.5 Å². The van der Waals surface area contributed by atoms with Crippen LogP contribution in [0.1, 0.15) is 17.5 Å². The van der Waals surface area contributed by atoms with Crippen molar-refractivity contribution in [2.24, 2.45) is 0 Å². The van der Waals surface area contributed by atoms with E-state index in [1.165, 1.54) is 22.0 Å². The molecule has 0 radical (unpaired) electrons. The van der Waals surface area contributed by atoms with E-state index in [0.29, 0.717) is 0 Å². The molecule has 4 aromatic rings. The molecule has 3 N–H and O–H groups in total. The number of H-pyrrole nitrogens is 1. The molecule has 0 aliphatic carbocycles. The van der Waals surface area contributed by atoms with Crippen LogP contribution in [0.3, 0.4) is 0 Å². The zero-order valence-electron chi connectivity index (χ0n) is 15.3. The zero-order chi connectivity index (χ0) is 18.3. The molecule has 2 aromatic carbocycles. The van der Waals surface area contributed by atoms with E-state index < -0.39 is 0 Å². The van der Waals surface area contributed by atoms with Crippen LogP contribution in [-0.2, 0) is 13.0 Å². The van der Waals surface area contributed by atoms with Crippen LogP contribution in [0.5, 0.6) is 0 Å². The van der Waals surface area contributed by atoms with Crippen molar-refractivity contribution in [2.45, 2.75) is 19.4 Å². The summed E-state index contributed by atoms with van der Waals surface area (Å²) < 4.78 is 0. The molecule has 0 spiro atoms. The highest BCUT2D eigenvalue weighted by Crippen LogP contribution is 2.19. The lowest BCUT2D eigenvalue weighted by molar-refractivity contribution is 0.650. The van der Waals surface area contributed by atoms with E-state index in [-0.39, 0.29) is 0 Å². The lowest BCUT2D eigenvalue weighted by Gasteiger charge is -2.08. The summed E-state index contributed by atoms with van der Waals surface area (Å²) in [5.41, 5.74) is 6.06. The Morgan fingerprint density at radius 2 is 1.63 bits per heavy atom. The quantitative estimate of drug-likeness (QED) is 0.388. The number of nitrogens with zero attached hydrogens (tertiary/aromatic N) is 1. The lowest BCUT2D eigenvalue weighted by Crippen LogP contribution is -2.15. The largest absolute Gasteiger partial charge is 0.361 e. The fraction of sp³-hybridized carbons (Fsp3) is 0.174. The number of aromatic nitrogens is 2. The van der Waals surface area contributed by atoms with Crippen molar-refractivity contribution in [3.8, 4) is 0 Å². The molecule has 0 fully saturated rings. The van der Waals surface area contributed by atoms with Crippen molar-refractivity contribution >= 4 is 22.3 Å². The summed E-state index contributed by atoms with van der Waals surface area (Å²) in [6.45, 7) is 1.90. The van der Waals surface area contributed by atoms with E-state index in [1.54, 1.807) is 12.4 Å². The van der Waals surface area contributed by atoms with Gasteiger partial charge >= 0.3 is 0 Å². The molecule has 136 valence electrons. The van der Waals surface area contributed by atoms with Crippen LogP contribution >= 0.6 is 0 Å². The average molecular weight is 356 g/mol. The molecule has 0 saturated carbocycles. The Balaban J connectivity index is 1.21. The second-order valence-electron chi connectivity index (χ2n) is 6.70. The minimum Gasteiger partial charge on any atom is -0.361 e.